The molecule has 1 saturated heterocycles. The lowest BCUT2D eigenvalue weighted by atomic mass is 9.96. The van der Waals surface area contributed by atoms with Crippen LogP contribution in [0, 0.1) is 0 Å². The Morgan fingerprint density at radius 3 is 2.42 bits per heavy atom. The van der Waals surface area contributed by atoms with Crippen molar-refractivity contribution in [2.75, 3.05) is 19.6 Å². The summed E-state index contributed by atoms with van der Waals surface area (Å²) >= 11 is 0. The molecule has 7 heteroatoms. The lowest BCUT2D eigenvalue weighted by Gasteiger charge is -2.38. The fraction of sp³-hybridized carbons (Fsp3) is 0.583. The summed E-state index contributed by atoms with van der Waals surface area (Å²) in [6.07, 6.45) is 3.32. The van der Waals surface area contributed by atoms with Crippen molar-refractivity contribution in [2.24, 2.45) is 0 Å². The van der Waals surface area contributed by atoms with E-state index in [9.17, 15) is 9.59 Å². The zero-order valence-corrected chi connectivity index (χ0v) is 19.1. The monoisotopic (exact) mass is 426 g/mol. The highest BCUT2D eigenvalue weighted by Crippen LogP contribution is 2.21. The summed E-state index contributed by atoms with van der Waals surface area (Å²) in [5, 5.41) is 4.04. The number of aryl methyl sites for hydroxylation is 1. The molecule has 1 fully saturated rings. The minimum Gasteiger partial charge on any atom is -0.340 e. The van der Waals surface area contributed by atoms with E-state index in [1.54, 1.807) is 0 Å². The first-order valence-electron chi connectivity index (χ1n) is 11.3. The maximum absolute atomic E-state index is 13.0. The molecule has 1 aromatic heterocycles. The van der Waals surface area contributed by atoms with Crippen molar-refractivity contribution in [3.8, 4) is 0 Å². The zero-order chi connectivity index (χ0) is 22.4. The second-order valence-corrected chi connectivity index (χ2v) is 9.24. The van der Waals surface area contributed by atoms with Gasteiger partial charge in [-0.3, -0.25) is 9.59 Å². The molecule has 1 aliphatic heterocycles. The Labute approximate surface area is 184 Å². The van der Waals surface area contributed by atoms with E-state index in [-0.39, 0.29) is 23.3 Å². The van der Waals surface area contributed by atoms with Gasteiger partial charge in [-0.05, 0) is 31.4 Å². The van der Waals surface area contributed by atoms with Crippen LogP contribution in [0.1, 0.15) is 75.5 Å². The molecule has 7 nitrogen and oxygen atoms in total. The molecule has 0 unspecified atom stereocenters. The number of likely N-dealkylation sites (tertiary alicyclic amines) is 1. The van der Waals surface area contributed by atoms with Gasteiger partial charge < -0.3 is 14.3 Å². The number of piperidine rings is 1. The fourth-order valence-electron chi connectivity index (χ4n) is 3.91. The van der Waals surface area contributed by atoms with Crippen molar-refractivity contribution in [1.29, 1.82) is 0 Å². The second-order valence-electron chi connectivity index (χ2n) is 9.24. The number of hydrogen-bond acceptors (Lipinski definition) is 5. The molecule has 2 aromatic rings. The third kappa shape index (κ3) is 5.93. The van der Waals surface area contributed by atoms with Gasteiger partial charge in [0.2, 0.25) is 11.8 Å². The van der Waals surface area contributed by atoms with E-state index in [0.29, 0.717) is 37.6 Å². The van der Waals surface area contributed by atoms with Crippen molar-refractivity contribution in [3.63, 3.8) is 0 Å². The van der Waals surface area contributed by atoms with Gasteiger partial charge in [0.15, 0.2) is 5.82 Å². The highest BCUT2D eigenvalue weighted by atomic mass is 16.5. The van der Waals surface area contributed by atoms with Crippen LogP contribution in [-0.2, 0) is 16.6 Å². The average Bonchev–Trinajstić information content (AvgIpc) is 3.26. The first kappa shape index (κ1) is 23.0. The van der Waals surface area contributed by atoms with Crippen LogP contribution in [0.5, 0.6) is 0 Å². The largest absolute Gasteiger partial charge is 0.340 e. The van der Waals surface area contributed by atoms with Crippen LogP contribution >= 0.6 is 0 Å². The van der Waals surface area contributed by atoms with Gasteiger partial charge in [0, 0.05) is 49.5 Å². The molecule has 0 spiro atoms. The number of carbonyl (C=O) groups is 2. The van der Waals surface area contributed by atoms with E-state index < -0.39 is 0 Å². The van der Waals surface area contributed by atoms with Crippen LogP contribution in [0.3, 0.4) is 0 Å². The Balaban J connectivity index is 1.55. The molecule has 0 bridgehead atoms. The number of aromatic nitrogens is 2. The topological polar surface area (TPSA) is 79.5 Å². The van der Waals surface area contributed by atoms with E-state index in [4.69, 9.17) is 4.52 Å². The quantitative estimate of drug-likeness (QED) is 0.672. The minimum absolute atomic E-state index is 0.0680. The highest BCUT2D eigenvalue weighted by molar-refractivity contribution is 5.94. The SMILES string of the molecule is CCCN(C(=O)CCc1nc(C(C)(C)C)no1)C1CCN(C(=O)c2ccccc2)CC1. The van der Waals surface area contributed by atoms with Gasteiger partial charge in [-0.15, -0.1) is 0 Å². The molecule has 0 atom stereocenters. The summed E-state index contributed by atoms with van der Waals surface area (Å²) in [6, 6.07) is 9.55. The maximum atomic E-state index is 13.0. The number of amides is 2. The molecule has 0 saturated carbocycles. The number of nitrogens with zero attached hydrogens (tertiary/aromatic N) is 4. The normalized spacial score (nSPS) is 15.2. The van der Waals surface area contributed by atoms with Gasteiger partial charge in [-0.25, -0.2) is 0 Å². The molecule has 2 heterocycles. The van der Waals surface area contributed by atoms with Gasteiger partial charge in [0.25, 0.3) is 5.91 Å². The highest BCUT2D eigenvalue weighted by Gasteiger charge is 2.30. The lowest BCUT2D eigenvalue weighted by Crippen LogP contribution is -2.49. The van der Waals surface area contributed by atoms with E-state index in [1.807, 2.05) is 60.9 Å². The van der Waals surface area contributed by atoms with Crippen molar-refractivity contribution in [1.82, 2.24) is 19.9 Å². The third-order valence-corrected chi connectivity index (χ3v) is 5.69. The van der Waals surface area contributed by atoms with Crippen LogP contribution in [0.25, 0.3) is 0 Å². The Morgan fingerprint density at radius 2 is 1.84 bits per heavy atom. The van der Waals surface area contributed by atoms with Crippen LogP contribution in [0.4, 0.5) is 0 Å². The molecule has 2 amide bonds. The molecular formula is C24H34N4O3. The van der Waals surface area contributed by atoms with Gasteiger partial charge in [0.1, 0.15) is 0 Å². The molecular weight excluding hydrogens is 392 g/mol. The summed E-state index contributed by atoms with van der Waals surface area (Å²) in [4.78, 5) is 34.0. The van der Waals surface area contributed by atoms with E-state index in [1.165, 1.54) is 0 Å². The number of hydrogen-bond donors (Lipinski definition) is 0. The van der Waals surface area contributed by atoms with E-state index in [2.05, 4.69) is 17.1 Å². The summed E-state index contributed by atoms with van der Waals surface area (Å²) < 4.78 is 5.33. The Bertz CT molecular complexity index is 864. The molecule has 0 N–H and O–H groups in total. The smallest absolute Gasteiger partial charge is 0.253 e. The average molecular weight is 427 g/mol. The zero-order valence-electron chi connectivity index (χ0n) is 19.1. The maximum Gasteiger partial charge on any atom is 0.253 e. The molecule has 3 rings (SSSR count). The van der Waals surface area contributed by atoms with Crippen LogP contribution in [0.15, 0.2) is 34.9 Å². The first-order chi connectivity index (χ1) is 14.8. The molecule has 1 aliphatic rings. The third-order valence-electron chi connectivity index (χ3n) is 5.69. The van der Waals surface area contributed by atoms with Crippen LogP contribution in [-0.4, -0.2) is 57.4 Å². The van der Waals surface area contributed by atoms with Gasteiger partial charge in [-0.1, -0.05) is 51.1 Å². The van der Waals surface area contributed by atoms with Crippen molar-refractivity contribution < 1.29 is 14.1 Å². The van der Waals surface area contributed by atoms with Gasteiger partial charge in [0.05, 0.1) is 0 Å². The van der Waals surface area contributed by atoms with Crippen molar-refractivity contribution >= 4 is 11.8 Å². The second kappa shape index (κ2) is 10.1. The summed E-state index contributed by atoms with van der Waals surface area (Å²) in [6.45, 7) is 10.3. The Kier molecular flexibility index (Phi) is 7.46. The van der Waals surface area contributed by atoms with Crippen molar-refractivity contribution in [2.45, 2.75) is 71.3 Å². The van der Waals surface area contributed by atoms with E-state index in [0.717, 1.165) is 31.4 Å². The van der Waals surface area contributed by atoms with Crippen molar-refractivity contribution in [3.05, 3.63) is 47.6 Å². The molecule has 0 radical (unpaired) electrons. The summed E-state index contributed by atoms with van der Waals surface area (Å²) in [5.74, 6) is 1.36. The molecule has 31 heavy (non-hydrogen) atoms. The Hall–Kier alpha value is -2.70. The van der Waals surface area contributed by atoms with Gasteiger partial charge in [-0.2, -0.15) is 4.98 Å². The summed E-state index contributed by atoms with van der Waals surface area (Å²) in [5.41, 5.74) is 0.544. The van der Waals surface area contributed by atoms with Crippen LogP contribution < -0.4 is 0 Å². The van der Waals surface area contributed by atoms with Crippen LogP contribution in [0.2, 0.25) is 0 Å². The van der Waals surface area contributed by atoms with Gasteiger partial charge >= 0.3 is 0 Å². The first-order valence-corrected chi connectivity index (χ1v) is 11.3. The fourth-order valence-corrected chi connectivity index (χ4v) is 3.91. The summed E-state index contributed by atoms with van der Waals surface area (Å²) in [7, 11) is 0. The molecule has 0 aliphatic carbocycles. The standard InChI is InChI=1S/C24H34N4O3/c1-5-15-28(21(29)12-11-20-25-23(26-31-20)24(2,3)4)19-13-16-27(17-14-19)22(30)18-9-7-6-8-10-18/h6-10,19H,5,11-17H2,1-4H3. The number of benzene rings is 1. The predicted molar refractivity (Wildman–Crippen MR) is 119 cm³/mol. The Morgan fingerprint density at radius 1 is 1.16 bits per heavy atom. The molecule has 1 aromatic carbocycles. The number of carbonyl (C=O) groups excluding carboxylic acids is 2. The minimum atomic E-state index is -0.175. The number of rotatable bonds is 7. The molecule has 168 valence electrons. The predicted octanol–water partition coefficient (Wildman–Crippen LogP) is 3.84. The van der Waals surface area contributed by atoms with E-state index >= 15 is 0 Å². The lowest BCUT2D eigenvalue weighted by molar-refractivity contribution is -0.134.